The monoisotopic (exact) mass is 272 g/mol. The first-order valence-electron chi connectivity index (χ1n) is 6.66. The number of carbonyl (C=O) groups is 2. The highest BCUT2D eigenvalue weighted by molar-refractivity contribution is 5.76. The zero-order valence-corrected chi connectivity index (χ0v) is 12.4. The maximum atomic E-state index is 12.1. The number of Topliss-reactive ketones (excluding diaryl/α,β-unsaturated/α-hetero) is 1. The molecule has 0 aromatic heterocycles. The van der Waals surface area contributed by atoms with E-state index < -0.39 is 17.3 Å². The molecule has 0 N–H and O–H groups in total. The van der Waals surface area contributed by atoms with Crippen LogP contribution in [0, 0.1) is 5.92 Å². The molecule has 0 aromatic carbocycles. The van der Waals surface area contributed by atoms with E-state index in [0.29, 0.717) is 26.1 Å². The number of rotatable bonds is 5. The predicted octanol–water partition coefficient (Wildman–Crippen LogP) is 2.08. The van der Waals surface area contributed by atoms with Crippen molar-refractivity contribution in [2.75, 3.05) is 13.2 Å². The molecule has 1 aliphatic heterocycles. The highest BCUT2D eigenvalue weighted by Gasteiger charge is 2.46. The molecule has 1 atom stereocenters. The fourth-order valence-electron chi connectivity index (χ4n) is 2.00. The number of esters is 1. The Hall–Kier alpha value is -0.940. The van der Waals surface area contributed by atoms with Gasteiger partial charge in [0.2, 0.25) is 0 Å². The maximum absolute atomic E-state index is 12.1. The van der Waals surface area contributed by atoms with E-state index in [-0.39, 0.29) is 11.8 Å². The van der Waals surface area contributed by atoms with Crippen molar-refractivity contribution in [3.63, 3.8) is 0 Å². The zero-order chi connectivity index (χ0) is 14.7. The third-order valence-corrected chi connectivity index (χ3v) is 3.02. The molecule has 0 saturated carbocycles. The Morgan fingerprint density at radius 2 is 1.79 bits per heavy atom. The van der Waals surface area contributed by atoms with Gasteiger partial charge in [-0.25, -0.2) is 0 Å². The highest BCUT2D eigenvalue weighted by Crippen LogP contribution is 2.34. The second kappa shape index (κ2) is 6.01. The largest absolute Gasteiger partial charge is 0.460 e. The Labute approximate surface area is 114 Å². The maximum Gasteiger partial charge on any atom is 0.314 e. The zero-order valence-electron chi connectivity index (χ0n) is 12.4. The molecular weight excluding hydrogens is 248 g/mol. The van der Waals surface area contributed by atoms with Crippen molar-refractivity contribution in [2.45, 2.75) is 58.8 Å². The average Bonchev–Trinajstić information content (AvgIpc) is 2.72. The van der Waals surface area contributed by atoms with E-state index in [0.717, 1.165) is 0 Å². The fourth-order valence-corrected chi connectivity index (χ4v) is 2.00. The van der Waals surface area contributed by atoms with Crippen molar-refractivity contribution >= 4 is 11.8 Å². The molecule has 110 valence electrons. The topological polar surface area (TPSA) is 61.8 Å². The molecule has 1 aliphatic rings. The van der Waals surface area contributed by atoms with Crippen LogP contribution in [-0.4, -0.2) is 36.4 Å². The number of ether oxygens (including phenoxy) is 3. The number of ketones is 1. The molecule has 0 bridgehead atoms. The molecule has 0 spiro atoms. The summed E-state index contributed by atoms with van der Waals surface area (Å²) in [7, 11) is 0. The minimum absolute atomic E-state index is 0.0508. The summed E-state index contributed by atoms with van der Waals surface area (Å²) in [4.78, 5) is 23.3. The van der Waals surface area contributed by atoms with Crippen molar-refractivity contribution in [1.82, 2.24) is 0 Å². The van der Waals surface area contributed by atoms with Crippen molar-refractivity contribution < 1.29 is 23.8 Å². The highest BCUT2D eigenvalue weighted by atomic mass is 16.7. The molecule has 0 radical (unpaired) electrons. The predicted molar refractivity (Wildman–Crippen MR) is 69.6 cm³/mol. The van der Waals surface area contributed by atoms with Crippen LogP contribution < -0.4 is 0 Å². The Morgan fingerprint density at radius 3 is 2.21 bits per heavy atom. The SMILES string of the molecule is CC(=O)CCC1(C(C)C(=O)OC(C)(C)C)OCCO1. The van der Waals surface area contributed by atoms with E-state index in [4.69, 9.17) is 14.2 Å². The summed E-state index contributed by atoms with van der Waals surface area (Å²) in [5.41, 5.74) is -0.550. The molecule has 5 heteroatoms. The fraction of sp³-hybridized carbons (Fsp3) is 0.857. The Kier molecular flexibility index (Phi) is 5.10. The van der Waals surface area contributed by atoms with Crippen LogP contribution in [0.3, 0.4) is 0 Å². The van der Waals surface area contributed by atoms with E-state index in [2.05, 4.69) is 0 Å². The van der Waals surface area contributed by atoms with Crippen LogP contribution in [0.15, 0.2) is 0 Å². The van der Waals surface area contributed by atoms with Crippen LogP contribution in [0.4, 0.5) is 0 Å². The van der Waals surface area contributed by atoms with E-state index in [1.165, 1.54) is 6.92 Å². The van der Waals surface area contributed by atoms with Gasteiger partial charge in [-0.1, -0.05) is 0 Å². The van der Waals surface area contributed by atoms with Gasteiger partial charge in [0, 0.05) is 12.8 Å². The van der Waals surface area contributed by atoms with Gasteiger partial charge >= 0.3 is 5.97 Å². The smallest absolute Gasteiger partial charge is 0.314 e. The van der Waals surface area contributed by atoms with E-state index >= 15 is 0 Å². The van der Waals surface area contributed by atoms with Gasteiger partial charge < -0.3 is 19.0 Å². The lowest BCUT2D eigenvalue weighted by Gasteiger charge is -2.33. The second-order valence-electron chi connectivity index (χ2n) is 5.97. The van der Waals surface area contributed by atoms with Gasteiger partial charge in [0.05, 0.1) is 13.2 Å². The molecule has 1 saturated heterocycles. The minimum Gasteiger partial charge on any atom is -0.460 e. The van der Waals surface area contributed by atoms with Crippen LogP contribution in [0.1, 0.15) is 47.5 Å². The molecule has 1 rings (SSSR count). The molecule has 0 amide bonds. The van der Waals surface area contributed by atoms with Gasteiger partial charge in [-0.15, -0.1) is 0 Å². The average molecular weight is 272 g/mol. The van der Waals surface area contributed by atoms with Gasteiger partial charge in [-0.2, -0.15) is 0 Å². The van der Waals surface area contributed by atoms with Crippen LogP contribution >= 0.6 is 0 Å². The first kappa shape index (κ1) is 16.1. The lowest BCUT2D eigenvalue weighted by atomic mass is 9.94. The van der Waals surface area contributed by atoms with Crippen LogP contribution in [-0.2, 0) is 23.8 Å². The molecule has 1 fully saturated rings. The quantitative estimate of drug-likeness (QED) is 0.717. The van der Waals surface area contributed by atoms with E-state index in [1.807, 2.05) is 20.8 Å². The van der Waals surface area contributed by atoms with E-state index in [1.54, 1.807) is 6.92 Å². The summed E-state index contributed by atoms with van der Waals surface area (Å²) in [5, 5.41) is 0. The summed E-state index contributed by atoms with van der Waals surface area (Å²) < 4.78 is 16.6. The Balaban J connectivity index is 2.75. The van der Waals surface area contributed by atoms with E-state index in [9.17, 15) is 9.59 Å². The summed E-state index contributed by atoms with van der Waals surface area (Å²) in [6, 6.07) is 0. The van der Waals surface area contributed by atoms with Crippen molar-refractivity contribution in [1.29, 1.82) is 0 Å². The van der Waals surface area contributed by atoms with Gasteiger partial charge in [0.25, 0.3) is 0 Å². The first-order valence-corrected chi connectivity index (χ1v) is 6.66. The summed E-state index contributed by atoms with van der Waals surface area (Å²) in [6.45, 7) is 9.55. The van der Waals surface area contributed by atoms with Gasteiger partial charge in [0.1, 0.15) is 17.3 Å². The Bertz CT molecular complexity index is 336. The number of hydrogen-bond acceptors (Lipinski definition) is 5. The lowest BCUT2D eigenvalue weighted by Crippen LogP contribution is -2.44. The van der Waals surface area contributed by atoms with Crippen molar-refractivity contribution in [3.05, 3.63) is 0 Å². The minimum atomic E-state index is -1.02. The summed E-state index contributed by atoms with van der Waals surface area (Å²) in [6.07, 6.45) is 0.704. The number of hydrogen-bond donors (Lipinski definition) is 0. The van der Waals surface area contributed by atoms with Gasteiger partial charge in [-0.3, -0.25) is 4.79 Å². The standard InChI is InChI=1S/C14H24O5/c1-10(15)6-7-14(17-8-9-18-14)11(2)12(16)19-13(3,4)5/h11H,6-9H2,1-5H3. The molecule has 0 aromatic rings. The van der Waals surface area contributed by atoms with Gasteiger partial charge in [0.15, 0.2) is 5.79 Å². The second-order valence-corrected chi connectivity index (χ2v) is 5.97. The molecule has 1 unspecified atom stereocenters. The van der Waals surface area contributed by atoms with Crippen molar-refractivity contribution in [2.24, 2.45) is 5.92 Å². The number of carbonyl (C=O) groups excluding carboxylic acids is 2. The van der Waals surface area contributed by atoms with Crippen LogP contribution in [0.25, 0.3) is 0 Å². The van der Waals surface area contributed by atoms with Crippen LogP contribution in [0.5, 0.6) is 0 Å². The third kappa shape index (κ3) is 4.58. The molecule has 0 aliphatic carbocycles. The normalized spacial score (nSPS) is 20.1. The van der Waals surface area contributed by atoms with Crippen LogP contribution in [0.2, 0.25) is 0 Å². The van der Waals surface area contributed by atoms with Gasteiger partial charge in [-0.05, 0) is 34.6 Å². The molecule has 1 heterocycles. The first-order chi connectivity index (χ1) is 8.66. The Morgan fingerprint density at radius 1 is 1.26 bits per heavy atom. The molecule has 19 heavy (non-hydrogen) atoms. The summed E-state index contributed by atoms with van der Waals surface area (Å²) >= 11 is 0. The molecule has 5 nitrogen and oxygen atoms in total. The third-order valence-electron chi connectivity index (χ3n) is 3.02. The lowest BCUT2D eigenvalue weighted by molar-refractivity contribution is -0.215. The van der Waals surface area contributed by atoms with Crippen molar-refractivity contribution in [3.8, 4) is 0 Å². The summed E-state index contributed by atoms with van der Waals surface area (Å²) in [5.74, 6) is -1.89. The molecular formula is C14H24O5.